The van der Waals surface area contributed by atoms with Gasteiger partial charge in [-0.05, 0) is 56.1 Å². The average Bonchev–Trinajstić information content (AvgIpc) is 3.04. The lowest BCUT2D eigenvalue weighted by molar-refractivity contribution is 0.116. The highest BCUT2D eigenvalue weighted by molar-refractivity contribution is 5.27. The van der Waals surface area contributed by atoms with Gasteiger partial charge in [0.1, 0.15) is 5.76 Å². The first-order chi connectivity index (χ1) is 8.33. The van der Waals surface area contributed by atoms with Crippen molar-refractivity contribution >= 4 is 0 Å². The molecular formula is C17H28O. The van der Waals surface area contributed by atoms with E-state index in [1.807, 2.05) is 25.2 Å². The molecule has 0 bridgehead atoms. The summed E-state index contributed by atoms with van der Waals surface area (Å²) in [5, 5.41) is 0. The van der Waals surface area contributed by atoms with Gasteiger partial charge in [0.2, 0.25) is 0 Å². The van der Waals surface area contributed by atoms with Gasteiger partial charge in [0, 0.05) is 0 Å². The Morgan fingerprint density at radius 2 is 2.00 bits per heavy atom. The summed E-state index contributed by atoms with van der Waals surface area (Å²) in [5.74, 6) is 1.71. The molecule has 0 spiro atoms. The topological polar surface area (TPSA) is 9.23 Å². The van der Waals surface area contributed by atoms with E-state index in [0.29, 0.717) is 6.10 Å². The molecule has 1 aliphatic carbocycles. The Morgan fingerprint density at radius 3 is 2.44 bits per heavy atom. The summed E-state index contributed by atoms with van der Waals surface area (Å²) in [5.41, 5.74) is 1.35. The van der Waals surface area contributed by atoms with Gasteiger partial charge >= 0.3 is 0 Å². The van der Waals surface area contributed by atoms with E-state index in [-0.39, 0.29) is 5.41 Å². The molecule has 102 valence electrons. The summed E-state index contributed by atoms with van der Waals surface area (Å²) in [6.45, 7) is 15.1. The maximum absolute atomic E-state index is 6.09. The zero-order valence-corrected chi connectivity index (χ0v) is 12.6. The van der Waals surface area contributed by atoms with Crippen molar-refractivity contribution in [1.82, 2.24) is 0 Å². The smallest absolute Gasteiger partial charge is 0.122 e. The molecule has 18 heavy (non-hydrogen) atoms. The van der Waals surface area contributed by atoms with Crippen molar-refractivity contribution in [3.63, 3.8) is 0 Å². The van der Waals surface area contributed by atoms with Crippen LogP contribution in [0.2, 0.25) is 0 Å². The average molecular weight is 248 g/mol. The van der Waals surface area contributed by atoms with Crippen LogP contribution in [-0.2, 0) is 4.74 Å². The third-order valence-electron chi connectivity index (χ3n) is 3.13. The minimum atomic E-state index is 0.248. The molecule has 0 aliphatic heterocycles. The molecule has 0 N–H and O–H groups in total. The van der Waals surface area contributed by atoms with E-state index in [0.717, 1.165) is 23.7 Å². The fraction of sp³-hybridized carbons (Fsp3) is 0.647. The highest BCUT2D eigenvalue weighted by atomic mass is 16.5. The normalized spacial score (nSPS) is 19.1. The van der Waals surface area contributed by atoms with Gasteiger partial charge in [-0.2, -0.15) is 0 Å². The molecule has 0 radical (unpaired) electrons. The van der Waals surface area contributed by atoms with E-state index < -0.39 is 0 Å². The Balaban J connectivity index is 2.68. The lowest BCUT2D eigenvalue weighted by Crippen LogP contribution is -2.14. The fourth-order valence-corrected chi connectivity index (χ4v) is 2.01. The zero-order chi connectivity index (χ0) is 13.8. The second kappa shape index (κ2) is 6.26. The Labute approximate surface area is 113 Å². The maximum atomic E-state index is 6.09. The molecule has 1 nitrogen and oxygen atoms in total. The molecule has 0 saturated heterocycles. The van der Waals surface area contributed by atoms with Gasteiger partial charge in [-0.1, -0.05) is 39.5 Å². The largest absolute Gasteiger partial charge is 0.490 e. The van der Waals surface area contributed by atoms with Crippen LogP contribution in [0.5, 0.6) is 0 Å². The van der Waals surface area contributed by atoms with E-state index in [4.69, 9.17) is 4.74 Å². The lowest BCUT2D eigenvalue weighted by Gasteiger charge is -2.23. The molecule has 1 rings (SSSR count). The molecule has 0 aromatic heterocycles. The second-order valence-corrected chi connectivity index (χ2v) is 6.56. The summed E-state index contributed by atoms with van der Waals surface area (Å²) in [6.07, 6.45) is 10.0. The van der Waals surface area contributed by atoms with Gasteiger partial charge < -0.3 is 4.74 Å². The SMILES string of the molecule is C=C(CC(C)(C)C)/C(=C\C=C/C)OC(C)C1CC1. The Morgan fingerprint density at radius 1 is 1.39 bits per heavy atom. The monoisotopic (exact) mass is 248 g/mol. The molecule has 1 fully saturated rings. The van der Waals surface area contributed by atoms with Gasteiger partial charge in [0.05, 0.1) is 6.10 Å². The molecule has 1 aliphatic rings. The van der Waals surface area contributed by atoms with Crippen LogP contribution in [0.1, 0.15) is 53.9 Å². The van der Waals surface area contributed by atoms with Crippen LogP contribution in [-0.4, -0.2) is 6.10 Å². The first-order valence-corrected chi connectivity index (χ1v) is 7.01. The third kappa shape index (κ3) is 5.57. The number of rotatable bonds is 6. The highest BCUT2D eigenvalue weighted by Gasteiger charge is 2.30. The van der Waals surface area contributed by atoms with Crippen LogP contribution in [0.4, 0.5) is 0 Å². The van der Waals surface area contributed by atoms with E-state index in [1.165, 1.54) is 12.8 Å². The predicted octanol–water partition coefficient (Wildman–Crippen LogP) is 5.25. The number of hydrogen-bond acceptors (Lipinski definition) is 1. The molecule has 1 heteroatoms. The predicted molar refractivity (Wildman–Crippen MR) is 79.4 cm³/mol. The van der Waals surface area contributed by atoms with Crippen molar-refractivity contribution in [2.45, 2.75) is 60.0 Å². The summed E-state index contributed by atoms with van der Waals surface area (Å²) >= 11 is 0. The first-order valence-electron chi connectivity index (χ1n) is 7.01. The number of ether oxygens (including phenoxy) is 1. The van der Waals surface area contributed by atoms with Gasteiger partial charge in [-0.25, -0.2) is 0 Å². The second-order valence-electron chi connectivity index (χ2n) is 6.56. The highest BCUT2D eigenvalue weighted by Crippen LogP contribution is 2.36. The molecule has 0 aromatic carbocycles. The zero-order valence-electron chi connectivity index (χ0n) is 12.6. The molecule has 1 unspecified atom stereocenters. The van der Waals surface area contributed by atoms with E-state index in [2.05, 4.69) is 34.3 Å². The van der Waals surface area contributed by atoms with Crippen molar-refractivity contribution in [3.05, 3.63) is 36.1 Å². The van der Waals surface area contributed by atoms with Gasteiger partial charge in [0.25, 0.3) is 0 Å². The van der Waals surface area contributed by atoms with Crippen LogP contribution in [0.15, 0.2) is 36.1 Å². The molecule has 0 aromatic rings. The van der Waals surface area contributed by atoms with E-state index in [1.54, 1.807) is 0 Å². The molecule has 0 heterocycles. The summed E-state index contributed by atoms with van der Waals surface area (Å²) in [7, 11) is 0. The summed E-state index contributed by atoms with van der Waals surface area (Å²) < 4.78 is 6.09. The number of hydrogen-bond donors (Lipinski definition) is 0. The lowest BCUT2D eigenvalue weighted by atomic mass is 9.87. The van der Waals surface area contributed by atoms with Crippen molar-refractivity contribution in [2.24, 2.45) is 11.3 Å². The maximum Gasteiger partial charge on any atom is 0.122 e. The van der Waals surface area contributed by atoms with E-state index in [9.17, 15) is 0 Å². The van der Waals surface area contributed by atoms with Crippen LogP contribution in [0.3, 0.4) is 0 Å². The molecular weight excluding hydrogens is 220 g/mol. The molecule has 1 saturated carbocycles. The Kier molecular flexibility index (Phi) is 5.25. The minimum Gasteiger partial charge on any atom is -0.490 e. The quantitative estimate of drug-likeness (QED) is 0.460. The van der Waals surface area contributed by atoms with Gasteiger partial charge in [-0.15, -0.1) is 0 Å². The Hall–Kier alpha value is -0.980. The van der Waals surface area contributed by atoms with Crippen molar-refractivity contribution in [2.75, 3.05) is 0 Å². The van der Waals surface area contributed by atoms with Gasteiger partial charge in [0.15, 0.2) is 0 Å². The minimum absolute atomic E-state index is 0.248. The van der Waals surface area contributed by atoms with Crippen LogP contribution in [0, 0.1) is 11.3 Å². The Bertz CT molecular complexity index is 337. The van der Waals surface area contributed by atoms with Crippen molar-refractivity contribution < 1.29 is 4.74 Å². The summed E-state index contributed by atoms with van der Waals surface area (Å²) in [6, 6.07) is 0. The van der Waals surface area contributed by atoms with Crippen LogP contribution >= 0.6 is 0 Å². The molecule has 0 amide bonds. The summed E-state index contributed by atoms with van der Waals surface area (Å²) in [4.78, 5) is 0. The van der Waals surface area contributed by atoms with Gasteiger partial charge in [-0.3, -0.25) is 0 Å². The molecule has 1 atom stereocenters. The fourth-order valence-electron chi connectivity index (χ4n) is 2.01. The number of allylic oxidation sites excluding steroid dienone is 4. The van der Waals surface area contributed by atoms with Crippen LogP contribution in [0.25, 0.3) is 0 Å². The van der Waals surface area contributed by atoms with Crippen molar-refractivity contribution in [3.8, 4) is 0 Å². The van der Waals surface area contributed by atoms with Crippen LogP contribution < -0.4 is 0 Å². The first kappa shape index (κ1) is 15.1. The van der Waals surface area contributed by atoms with Crippen molar-refractivity contribution in [1.29, 1.82) is 0 Å². The third-order valence-corrected chi connectivity index (χ3v) is 3.13. The van der Waals surface area contributed by atoms with E-state index >= 15 is 0 Å². The standard InChI is InChI=1S/C17H28O/c1-7-8-9-16(13(2)12-17(4,5)6)18-14(3)15-10-11-15/h7-9,14-15H,2,10-12H2,1,3-6H3/b8-7-,16-9+.